The van der Waals surface area contributed by atoms with Crippen LogP contribution in [0.2, 0.25) is 0 Å². The van der Waals surface area contributed by atoms with E-state index < -0.39 is 0 Å². The second kappa shape index (κ2) is 5.55. The topological polar surface area (TPSA) is 50.7 Å². The Bertz CT molecular complexity index is 998. The molecule has 0 spiro atoms. The van der Waals surface area contributed by atoms with E-state index in [0.717, 1.165) is 10.5 Å². The molecule has 1 aromatic carbocycles. The number of thiazole rings is 1. The van der Waals surface area contributed by atoms with E-state index >= 15 is 0 Å². The van der Waals surface area contributed by atoms with Crippen molar-refractivity contribution in [2.24, 2.45) is 4.99 Å². The van der Waals surface area contributed by atoms with Crippen molar-refractivity contribution in [3.8, 4) is 0 Å². The molecule has 1 aliphatic rings. The first-order chi connectivity index (χ1) is 11.2. The lowest BCUT2D eigenvalue weighted by atomic mass is 10.2. The summed E-state index contributed by atoms with van der Waals surface area (Å²) >= 11 is 1.40. The minimum Gasteiger partial charge on any atom is -0.465 e. The van der Waals surface area contributed by atoms with Crippen LogP contribution >= 0.6 is 11.3 Å². The highest BCUT2D eigenvalue weighted by molar-refractivity contribution is 7.07. The van der Waals surface area contributed by atoms with Gasteiger partial charge < -0.3 is 9.32 Å². The van der Waals surface area contributed by atoms with E-state index in [1.165, 1.54) is 16.9 Å². The van der Waals surface area contributed by atoms with Gasteiger partial charge in [-0.05, 0) is 31.2 Å². The van der Waals surface area contributed by atoms with Gasteiger partial charge in [-0.25, -0.2) is 4.99 Å². The first-order valence-corrected chi connectivity index (χ1v) is 8.13. The molecule has 3 aromatic rings. The molecule has 5 nitrogen and oxygen atoms in total. The minimum atomic E-state index is -0.0260. The predicted molar refractivity (Wildman–Crippen MR) is 90.2 cm³/mol. The Morgan fingerprint density at radius 3 is 2.83 bits per heavy atom. The lowest BCUT2D eigenvalue weighted by molar-refractivity contribution is 0.556. The molecule has 4 rings (SSSR count). The van der Waals surface area contributed by atoms with Crippen LogP contribution in [-0.4, -0.2) is 11.2 Å². The molecule has 0 unspecified atom stereocenters. The molecule has 0 N–H and O–H groups in total. The molecule has 3 heterocycles. The Labute approximate surface area is 136 Å². The molecule has 0 amide bonds. The van der Waals surface area contributed by atoms with Gasteiger partial charge in [0.05, 0.1) is 10.8 Å². The maximum Gasteiger partial charge on any atom is 0.271 e. The van der Waals surface area contributed by atoms with Crippen LogP contribution < -0.4 is 19.8 Å². The standard InChI is InChI=1S/C17H15N3O2S/c1-12-4-6-13(7-5-12)19-10-18-17-20(11-19)16(21)15(23-17)9-14-3-2-8-22-14/h2-9H,10-11H2,1H3. The fourth-order valence-electron chi connectivity index (χ4n) is 2.53. The highest BCUT2D eigenvalue weighted by atomic mass is 32.1. The van der Waals surface area contributed by atoms with E-state index in [9.17, 15) is 4.79 Å². The maximum atomic E-state index is 12.6. The smallest absolute Gasteiger partial charge is 0.271 e. The monoisotopic (exact) mass is 325 g/mol. The molecule has 0 saturated carbocycles. The van der Waals surface area contributed by atoms with E-state index in [2.05, 4.69) is 41.1 Å². The number of aromatic nitrogens is 1. The first kappa shape index (κ1) is 14.0. The van der Waals surface area contributed by atoms with Gasteiger partial charge in [-0.3, -0.25) is 9.36 Å². The number of benzene rings is 1. The number of nitrogens with zero attached hydrogens (tertiary/aromatic N) is 3. The highest BCUT2D eigenvalue weighted by Gasteiger charge is 2.15. The van der Waals surface area contributed by atoms with Gasteiger partial charge in [0.15, 0.2) is 4.80 Å². The van der Waals surface area contributed by atoms with E-state index in [1.807, 2.05) is 6.07 Å². The van der Waals surface area contributed by atoms with Crippen LogP contribution in [0.4, 0.5) is 5.69 Å². The summed E-state index contributed by atoms with van der Waals surface area (Å²) in [5, 5.41) is 0. The van der Waals surface area contributed by atoms with Gasteiger partial charge in [0, 0.05) is 11.8 Å². The zero-order valence-electron chi connectivity index (χ0n) is 12.6. The molecule has 2 aromatic heterocycles. The summed E-state index contributed by atoms with van der Waals surface area (Å²) in [5.74, 6) is 0.677. The number of rotatable bonds is 2. The number of hydrogen-bond acceptors (Lipinski definition) is 5. The Kier molecular flexibility index (Phi) is 3.38. The van der Waals surface area contributed by atoms with E-state index in [4.69, 9.17) is 4.42 Å². The summed E-state index contributed by atoms with van der Waals surface area (Å²) in [6.07, 6.45) is 3.37. The Hall–Kier alpha value is -2.60. The Morgan fingerprint density at radius 2 is 2.09 bits per heavy atom. The van der Waals surface area contributed by atoms with Crippen molar-refractivity contribution in [2.45, 2.75) is 13.6 Å². The Morgan fingerprint density at radius 1 is 1.26 bits per heavy atom. The second-order valence-corrected chi connectivity index (χ2v) is 6.47. The molecule has 0 aliphatic carbocycles. The molecule has 0 bridgehead atoms. The third kappa shape index (κ3) is 2.61. The molecule has 1 aliphatic heterocycles. The average molecular weight is 325 g/mol. The molecule has 0 fully saturated rings. The van der Waals surface area contributed by atoms with Crippen molar-refractivity contribution in [1.29, 1.82) is 0 Å². The largest absolute Gasteiger partial charge is 0.465 e. The summed E-state index contributed by atoms with van der Waals surface area (Å²) in [7, 11) is 0. The fraction of sp³-hybridized carbons (Fsp3) is 0.176. The minimum absolute atomic E-state index is 0.0260. The molecular weight excluding hydrogens is 310 g/mol. The van der Waals surface area contributed by atoms with Gasteiger partial charge >= 0.3 is 0 Å². The Balaban J connectivity index is 1.72. The maximum absolute atomic E-state index is 12.6. The number of hydrogen-bond donors (Lipinski definition) is 0. The summed E-state index contributed by atoms with van der Waals surface area (Å²) in [6, 6.07) is 11.9. The van der Waals surface area contributed by atoms with Crippen molar-refractivity contribution in [3.05, 3.63) is 73.7 Å². The molecule has 0 radical (unpaired) electrons. The molecule has 23 heavy (non-hydrogen) atoms. The van der Waals surface area contributed by atoms with Crippen LogP contribution in [0.25, 0.3) is 6.08 Å². The first-order valence-electron chi connectivity index (χ1n) is 7.32. The molecule has 116 valence electrons. The van der Waals surface area contributed by atoms with Crippen molar-refractivity contribution in [2.75, 3.05) is 11.6 Å². The zero-order chi connectivity index (χ0) is 15.8. The van der Waals surface area contributed by atoms with Crippen LogP contribution in [0, 0.1) is 6.92 Å². The van der Waals surface area contributed by atoms with Crippen molar-refractivity contribution in [3.63, 3.8) is 0 Å². The van der Waals surface area contributed by atoms with E-state index in [1.54, 1.807) is 23.0 Å². The summed E-state index contributed by atoms with van der Waals surface area (Å²) in [5.41, 5.74) is 2.26. The van der Waals surface area contributed by atoms with Gasteiger partial charge in [-0.15, -0.1) is 0 Å². The predicted octanol–water partition coefficient (Wildman–Crippen LogP) is 1.69. The quantitative estimate of drug-likeness (QED) is 0.720. The van der Waals surface area contributed by atoms with E-state index in [0.29, 0.717) is 23.6 Å². The van der Waals surface area contributed by atoms with Crippen LogP contribution in [-0.2, 0) is 6.67 Å². The summed E-state index contributed by atoms with van der Waals surface area (Å²) in [6.45, 7) is 3.13. The highest BCUT2D eigenvalue weighted by Crippen LogP contribution is 2.16. The normalized spacial score (nSPS) is 14.7. The fourth-order valence-corrected chi connectivity index (χ4v) is 3.48. The van der Waals surface area contributed by atoms with Gasteiger partial charge in [0.2, 0.25) is 0 Å². The molecule has 0 atom stereocenters. The second-order valence-electron chi connectivity index (χ2n) is 5.46. The van der Waals surface area contributed by atoms with Crippen molar-refractivity contribution >= 4 is 23.1 Å². The number of anilines is 1. The average Bonchev–Trinajstić information content (AvgIpc) is 3.17. The molecule has 6 heteroatoms. The third-order valence-electron chi connectivity index (χ3n) is 3.79. The van der Waals surface area contributed by atoms with Gasteiger partial charge in [0.25, 0.3) is 5.56 Å². The number of fused-ring (bicyclic) bond motifs is 1. The van der Waals surface area contributed by atoms with E-state index in [-0.39, 0.29) is 5.56 Å². The van der Waals surface area contributed by atoms with Crippen LogP contribution in [0.5, 0.6) is 0 Å². The SMILES string of the molecule is Cc1ccc(N2CN=c3sc(=Cc4ccco4)c(=O)n3C2)cc1. The lowest BCUT2D eigenvalue weighted by Crippen LogP contribution is -2.42. The van der Waals surface area contributed by atoms with Crippen molar-refractivity contribution < 1.29 is 4.42 Å². The van der Waals surface area contributed by atoms with Gasteiger partial charge in [0.1, 0.15) is 19.1 Å². The number of aryl methyl sites for hydroxylation is 1. The lowest BCUT2D eigenvalue weighted by Gasteiger charge is -2.25. The third-order valence-corrected chi connectivity index (χ3v) is 4.84. The zero-order valence-corrected chi connectivity index (χ0v) is 13.4. The van der Waals surface area contributed by atoms with Crippen molar-refractivity contribution in [1.82, 2.24) is 4.57 Å². The van der Waals surface area contributed by atoms with Crippen LogP contribution in [0.15, 0.2) is 56.9 Å². The van der Waals surface area contributed by atoms with Crippen LogP contribution in [0.3, 0.4) is 0 Å². The van der Waals surface area contributed by atoms with Gasteiger partial charge in [-0.2, -0.15) is 0 Å². The molecule has 0 saturated heterocycles. The summed E-state index contributed by atoms with van der Waals surface area (Å²) < 4.78 is 7.64. The summed E-state index contributed by atoms with van der Waals surface area (Å²) in [4.78, 5) is 20.0. The van der Waals surface area contributed by atoms with Crippen LogP contribution in [0.1, 0.15) is 11.3 Å². The number of furan rings is 1. The molecular formula is C17H15N3O2S. The van der Waals surface area contributed by atoms with Gasteiger partial charge in [-0.1, -0.05) is 29.0 Å².